The van der Waals surface area contributed by atoms with Gasteiger partial charge in [-0.25, -0.2) is 0 Å². The standard InChI is InChI=1S/C15H25NO/c1-6-16-14(11-15(2,3)4)12-7-9-13(17-5)10-8-12/h7-10,14,16H,6,11H2,1-5H3. The molecule has 1 aromatic carbocycles. The molecule has 0 radical (unpaired) electrons. The molecule has 0 aliphatic heterocycles. The second-order valence-electron chi connectivity index (χ2n) is 5.65. The van der Waals surface area contributed by atoms with Gasteiger partial charge in [0, 0.05) is 6.04 Å². The molecule has 2 nitrogen and oxygen atoms in total. The summed E-state index contributed by atoms with van der Waals surface area (Å²) >= 11 is 0. The molecule has 17 heavy (non-hydrogen) atoms. The third-order valence-electron chi connectivity index (χ3n) is 2.79. The average Bonchev–Trinajstić information content (AvgIpc) is 2.27. The summed E-state index contributed by atoms with van der Waals surface area (Å²) in [5, 5.41) is 3.55. The number of ether oxygens (including phenoxy) is 1. The number of benzene rings is 1. The van der Waals surface area contributed by atoms with Crippen molar-refractivity contribution < 1.29 is 4.74 Å². The van der Waals surface area contributed by atoms with Gasteiger partial charge in [-0.3, -0.25) is 0 Å². The monoisotopic (exact) mass is 235 g/mol. The molecule has 0 spiro atoms. The van der Waals surface area contributed by atoms with Crippen LogP contribution in [0.3, 0.4) is 0 Å². The Balaban J connectivity index is 2.81. The molecule has 96 valence electrons. The predicted octanol–water partition coefficient (Wildman–Crippen LogP) is 3.78. The summed E-state index contributed by atoms with van der Waals surface area (Å²) in [6.45, 7) is 9.98. The van der Waals surface area contributed by atoms with Gasteiger partial charge < -0.3 is 10.1 Å². The zero-order chi connectivity index (χ0) is 12.9. The van der Waals surface area contributed by atoms with Crippen molar-refractivity contribution in [1.82, 2.24) is 5.32 Å². The van der Waals surface area contributed by atoms with Gasteiger partial charge >= 0.3 is 0 Å². The summed E-state index contributed by atoms with van der Waals surface area (Å²) in [6, 6.07) is 8.78. The van der Waals surface area contributed by atoms with Gasteiger partial charge in [0.2, 0.25) is 0 Å². The molecule has 0 aromatic heterocycles. The zero-order valence-electron chi connectivity index (χ0n) is 11.7. The van der Waals surface area contributed by atoms with Gasteiger partial charge in [0.15, 0.2) is 0 Å². The molecule has 0 fully saturated rings. The van der Waals surface area contributed by atoms with Crippen LogP contribution in [0.15, 0.2) is 24.3 Å². The number of nitrogens with one attached hydrogen (secondary N) is 1. The van der Waals surface area contributed by atoms with Gasteiger partial charge in [-0.15, -0.1) is 0 Å². The van der Waals surface area contributed by atoms with Crippen LogP contribution in [-0.2, 0) is 0 Å². The fourth-order valence-corrected chi connectivity index (χ4v) is 2.00. The fraction of sp³-hybridized carbons (Fsp3) is 0.600. The summed E-state index contributed by atoms with van der Waals surface area (Å²) in [5.74, 6) is 0.916. The summed E-state index contributed by atoms with van der Waals surface area (Å²) in [5.41, 5.74) is 1.66. The molecule has 1 aromatic rings. The molecule has 1 N–H and O–H groups in total. The minimum absolute atomic E-state index is 0.326. The fourth-order valence-electron chi connectivity index (χ4n) is 2.00. The molecular weight excluding hydrogens is 210 g/mol. The number of methoxy groups -OCH3 is 1. The first kappa shape index (κ1) is 14.0. The van der Waals surface area contributed by atoms with E-state index in [-0.39, 0.29) is 0 Å². The highest BCUT2D eigenvalue weighted by Gasteiger charge is 2.19. The van der Waals surface area contributed by atoms with Crippen LogP contribution in [0.1, 0.15) is 45.7 Å². The van der Waals surface area contributed by atoms with Gasteiger partial charge in [-0.1, -0.05) is 39.8 Å². The van der Waals surface area contributed by atoms with Crippen molar-refractivity contribution in [2.45, 2.75) is 40.2 Å². The molecule has 2 heteroatoms. The van der Waals surface area contributed by atoms with Crippen LogP contribution >= 0.6 is 0 Å². The lowest BCUT2D eigenvalue weighted by Crippen LogP contribution is -2.25. The highest BCUT2D eigenvalue weighted by atomic mass is 16.5. The smallest absolute Gasteiger partial charge is 0.118 e. The van der Waals surface area contributed by atoms with Crippen LogP contribution in [0, 0.1) is 5.41 Å². The highest BCUT2D eigenvalue weighted by Crippen LogP contribution is 2.30. The Kier molecular flexibility index (Phi) is 5.01. The Morgan fingerprint density at radius 3 is 2.18 bits per heavy atom. The third-order valence-corrected chi connectivity index (χ3v) is 2.79. The molecule has 1 unspecified atom stereocenters. The maximum atomic E-state index is 5.19. The van der Waals surface area contributed by atoms with Crippen LogP contribution in [0.4, 0.5) is 0 Å². The Labute approximate surface area is 105 Å². The maximum Gasteiger partial charge on any atom is 0.118 e. The molecular formula is C15H25NO. The molecule has 0 saturated carbocycles. The van der Waals surface area contributed by atoms with E-state index in [9.17, 15) is 0 Å². The first-order valence-electron chi connectivity index (χ1n) is 6.33. The normalized spacial score (nSPS) is 13.5. The van der Waals surface area contributed by atoms with Gasteiger partial charge in [0.25, 0.3) is 0 Å². The van der Waals surface area contributed by atoms with Crippen molar-refractivity contribution in [1.29, 1.82) is 0 Å². The number of hydrogen-bond donors (Lipinski definition) is 1. The average molecular weight is 235 g/mol. The lowest BCUT2D eigenvalue weighted by atomic mass is 9.85. The topological polar surface area (TPSA) is 21.3 Å². The van der Waals surface area contributed by atoms with E-state index in [0.29, 0.717) is 11.5 Å². The first-order chi connectivity index (χ1) is 7.96. The van der Waals surface area contributed by atoms with E-state index >= 15 is 0 Å². The molecule has 0 saturated heterocycles. The summed E-state index contributed by atoms with van der Waals surface area (Å²) in [6.07, 6.45) is 1.13. The molecule has 1 atom stereocenters. The van der Waals surface area contributed by atoms with Crippen LogP contribution in [0.25, 0.3) is 0 Å². The molecule has 1 rings (SSSR count). The minimum atomic E-state index is 0.326. The van der Waals surface area contributed by atoms with Crippen LogP contribution in [0.5, 0.6) is 5.75 Å². The molecule has 0 amide bonds. The van der Waals surface area contributed by atoms with Crippen molar-refractivity contribution in [2.24, 2.45) is 5.41 Å². The van der Waals surface area contributed by atoms with Crippen LogP contribution in [0.2, 0.25) is 0 Å². The van der Waals surface area contributed by atoms with Crippen molar-refractivity contribution in [3.63, 3.8) is 0 Å². The van der Waals surface area contributed by atoms with Gasteiger partial charge in [-0.05, 0) is 36.1 Å². The molecule has 0 aliphatic carbocycles. The largest absolute Gasteiger partial charge is 0.497 e. The van der Waals surface area contributed by atoms with Crippen LogP contribution < -0.4 is 10.1 Å². The van der Waals surface area contributed by atoms with E-state index in [1.54, 1.807) is 7.11 Å². The lowest BCUT2D eigenvalue weighted by molar-refractivity contribution is 0.314. The maximum absolute atomic E-state index is 5.19. The summed E-state index contributed by atoms with van der Waals surface area (Å²) < 4.78 is 5.19. The Bertz CT molecular complexity index is 324. The van der Waals surface area contributed by atoms with E-state index in [1.165, 1.54) is 5.56 Å². The Morgan fingerprint density at radius 2 is 1.76 bits per heavy atom. The SMILES string of the molecule is CCNC(CC(C)(C)C)c1ccc(OC)cc1. The van der Waals surface area contributed by atoms with Crippen molar-refractivity contribution in [2.75, 3.05) is 13.7 Å². The lowest BCUT2D eigenvalue weighted by Gasteiger charge is -2.27. The molecule has 0 heterocycles. The van der Waals surface area contributed by atoms with Crippen molar-refractivity contribution in [3.8, 4) is 5.75 Å². The minimum Gasteiger partial charge on any atom is -0.497 e. The first-order valence-corrected chi connectivity index (χ1v) is 6.33. The molecule has 0 aliphatic rings. The molecule has 0 bridgehead atoms. The Hall–Kier alpha value is -1.02. The number of hydrogen-bond acceptors (Lipinski definition) is 2. The van der Waals surface area contributed by atoms with Gasteiger partial charge in [0.1, 0.15) is 5.75 Å². The quantitative estimate of drug-likeness (QED) is 0.838. The summed E-state index contributed by atoms with van der Waals surface area (Å²) in [4.78, 5) is 0. The second-order valence-corrected chi connectivity index (χ2v) is 5.65. The van der Waals surface area contributed by atoms with E-state index in [0.717, 1.165) is 18.7 Å². The highest BCUT2D eigenvalue weighted by molar-refractivity contribution is 5.29. The van der Waals surface area contributed by atoms with Gasteiger partial charge in [0.05, 0.1) is 7.11 Å². The van der Waals surface area contributed by atoms with E-state index in [4.69, 9.17) is 4.74 Å². The zero-order valence-corrected chi connectivity index (χ0v) is 11.7. The van der Waals surface area contributed by atoms with Crippen LogP contribution in [-0.4, -0.2) is 13.7 Å². The predicted molar refractivity (Wildman–Crippen MR) is 73.5 cm³/mol. The third kappa shape index (κ3) is 4.78. The van der Waals surface area contributed by atoms with E-state index in [1.807, 2.05) is 12.1 Å². The van der Waals surface area contributed by atoms with E-state index in [2.05, 4.69) is 45.1 Å². The van der Waals surface area contributed by atoms with Gasteiger partial charge in [-0.2, -0.15) is 0 Å². The van der Waals surface area contributed by atoms with E-state index < -0.39 is 0 Å². The van der Waals surface area contributed by atoms with Crippen molar-refractivity contribution in [3.05, 3.63) is 29.8 Å². The second kappa shape index (κ2) is 6.06. The Morgan fingerprint density at radius 1 is 1.18 bits per heavy atom. The summed E-state index contributed by atoms with van der Waals surface area (Å²) in [7, 11) is 1.70. The van der Waals surface area contributed by atoms with Crippen molar-refractivity contribution >= 4 is 0 Å². The number of rotatable bonds is 5.